The van der Waals surface area contributed by atoms with Gasteiger partial charge in [0.2, 0.25) is 0 Å². The number of benzene rings is 1. The molecule has 4 rings (SSSR count). The first-order chi connectivity index (χ1) is 13.4. The van der Waals surface area contributed by atoms with Crippen molar-refractivity contribution in [1.82, 2.24) is 9.80 Å². The van der Waals surface area contributed by atoms with Gasteiger partial charge in [-0.3, -0.25) is 19.4 Å². The summed E-state index contributed by atoms with van der Waals surface area (Å²) < 4.78 is 13.9. The van der Waals surface area contributed by atoms with Crippen LogP contribution in [-0.2, 0) is 9.59 Å². The van der Waals surface area contributed by atoms with E-state index >= 15 is 0 Å². The van der Waals surface area contributed by atoms with Crippen LogP contribution in [0.25, 0.3) is 0 Å². The van der Waals surface area contributed by atoms with Crippen LogP contribution in [0.5, 0.6) is 0 Å². The van der Waals surface area contributed by atoms with Gasteiger partial charge in [-0.05, 0) is 55.9 Å². The summed E-state index contributed by atoms with van der Waals surface area (Å²) in [4.78, 5) is 42.8. The molecule has 0 aromatic heterocycles. The van der Waals surface area contributed by atoms with Gasteiger partial charge in [0.15, 0.2) is 0 Å². The van der Waals surface area contributed by atoms with Crippen molar-refractivity contribution in [2.24, 2.45) is 0 Å². The van der Waals surface area contributed by atoms with Crippen molar-refractivity contribution >= 4 is 23.5 Å². The van der Waals surface area contributed by atoms with Crippen molar-refractivity contribution in [2.45, 2.75) is 57.4 Å². The van der Waals surface area contributed by atoms with Gasteiger partial charge in [0, 0.05) is 25.3 Å². The van der Waals surface area contributed by atoms with E-state index in [-0.39, 0.29) is 23.8 Å². The van der Waals surface area contributed by atoms with Crippen LogP contribution in [0.1, 0.15) is 57.4 Å². The summed E-state index contributed by atoms with van der Waals surface area (Å²) in [5.74, 6) is -1.61. The van der Waals surface area contributed by atoms with Crippen molar-refractivity contribution in [3.8, 4) is 0 Å². The zero-order valence-corrected chi connectivity index (χ0v) is 16.4. The minimum absolute atomic E-state index is 0.127. The van der Waals surface area contributed by atoms with E-state index in [9.17, 15) is 18.8 Å². The number of amides is 4. The van der Waals surface area contributed by atoms with E-state index in [1.54, 1.807) is 11.0 Å². The predicted molar refractivity (Wildman–Crippen MR) is 102 cm³/mol. The van der Waals surface area contributed by atoms with E-state index in [0.717, 1.165) is 42.6 Å². The second-order valence-electron chi connectivity index (χ2n) is 8.20. The first-order valence-electron chi connectivity index (χ1n) is 10.1. The van der Waals surface area contributed by atoms with Crippen LogP contribution < -0.4 is 4.90 Å². The van der Waals surface area contributed by atoms with E-state index in [0.29, 0.717) is 18.8 Å². The molecule has 1 saturated carbocycles. The zero-order valence-electron chi connectivity index (χ0n) is 16.4. The van der Waals surface area contributed by atoms with Gasteiger partial charge in [-0.2, -0.15) is 0 Å². The largest absolute Gasteiger partial charge is 0.333 e. The molecule has 7 heteroatoms. The molecule has 6 nitrogen and oxygen atoms in total. The Labute approximate surface area is 164 Å². The van der Waals surface area contributed by atoms with Crippen molar-refractivity contribution in [3.05, 3.63) is 29.6 Å². The van der Waals surface area contributed by atoms with Crippen LogP contribution in [0.15, 0.2) is 18.2 Å². The number of rotatable bonds is 1. The number of anilines is 1. The van der Waals surface area contributed by atoms with Crippen LogP contribution in [0, 0.1) is 5.82 Å². The Kier molecular flexibility index (Phi) is 4.63. The van der Waals surface area contributed by atoms with Gasteiger partial charge in [-0.1, -0.05) is 19.8 Å². The van der Waals surface area contributed by atoms with Gasteiger partial charge in [0.05, 0.1) is 5.54 Å². The number of urea groups is 1. The predicted octanol–water partition coefficient (Wildman–Crippen LogP) is 3.26. The topological polar surface area (TPSA) is 60.9 Å². The normalized spacial score (nSPS) is 24.1. The van der Waals surface area contributed by atoms with Crippen molar-refractivity contribution in [3.63, 3.8) is 0 Å². The lowest BCUT2D eigenvalue weighted by Crippen LogP contribution is -2.63. The molecule has 1 atom stereocenters. The molecule has 4 amide bonds. The molecule has 0 radical (unpaired) electrons. The highest BCUT2D eigenvalue weighted by Crippen LogP contribution is 2.51. The molecule has 150 valence electrons. The van der Waals surface area contributed by atoms with E-state index in [2.05, 4.69) is 6.92 Å². The summed E-state index contributed by atoms with van der Waals surface area (Å²) >= 11 is 0. The summed E-state index contributed by atoms with van der Waals surface area (Å²) in [6, 6.07) is 4.05. The molecule has 1 aromatic carbocycles. The monoisotopic (exact) mass is 387 g/mol. The Morgan fingerprint density at radius 2 is 1.89 bits per heavy atom. The second-order valence-corrected chi connectivity index (χ2v) is 8.20. The molecule has 28 heavy (non-hydrogen) atoms. The van der Waals surface area contributed by atoms with Crippen LogP contribution in [0.4, 0.5) is 14.9 Å². The molecule has 3 aliphatic rings. The Morgan fingerprint density at radius 3 is 2.57 bits per heavy atom. The fourth-order valence-corrected chi connectivity index (χ4v) is 5.20. The fraction of sp³-hybridized carbons (Fsp3) is 0.571. The Bertz CT molecular complexity index is 834. The Morgan fingerprint density at radius 1 is 1.18 bits per heavy atom. The lowest BCUT2D eigenvalue weighted by Gasteiger charge is -2.49. The summed E-state index contributed by atoms with van der Waals surface area (Å²) in [5.41, 5.74) is 1.09. The maximum atomic E-state index is 13.9. The standard InChI is InChI=1S/C21H26FN3O3/c1-3-23-10-11-24(19(27)18(23)26)20(28)25-17-7-6-15(22)12-16(17)14(2)13-21(25)8-4-5-9-21/h6-7,12,14H,3-5,8-11,13H2,1-2H3. The number of likely N-dealkylation sites (N-methyl/N-ethyl adjacent to an activating group) is 1. The molecular weight excluding hydrogens is 361 g/mol. The quantitative estimate of drug-likeness (QED) is 0.695. The Balaban J connectivity index is 1.75. The fourth-order valence-electron chi connectivity index (χ4n) is 5.20. The highest BCUT2D eigenvalue weighted by atomic mass is 19.1. The average molecular weight is 387 g/mol. The third kappa shape index (κ3) is 2.79. The van der Waals surface area contributed by atoms with Gasteiger partial charge < -0.3 is 4.90 Å². The Hall–Kier alpha value is -2.44. The second kappa shape index (κ2) is 6.87. The molecular formula is C21H26FN3O3. The number of halogens is 1. The maximum Gasteiger partial charge on any atom is 0.332 e. The number of carbonyl (C=O) groups excluding carboxylic acids is 3. The smallest absolute Gasteiger partial charge is 0.332 e. The summed E-state index contributed by atoms with van der Waals surface area (Å²) in [7, 11) is 0. The van der Waals surface area contributed by atoms with Gasteiger partial charge in [-0.25, -0.2) is 9.18 Å². The van der Waals surface area contributed by atoms with Crippen molar-refractivity contribution < 1.29 is 18.8 Å². The lowest BCUT2D eigenvalue weighted by molar-refractivity contribution is -0.153. The molecule has 2 heterocycles. The molecule has 2 aliphatic heterocycles. The van der Waals surface area contributed by atoms with Gasteiger partial charge >= 0.3 is 17.8 Å². The molecule has 0 bridgehead atoms. The molecule has 1 saturated heterocycles. The minimum atomic E-state index is -0.770. The average Bonchev–Trinajstić information content (AvgIpc) is 3.12. The highest BCUT2D eigenvalue weighted by molar-refractivity contribution is 6.38. The summed E-state index contributed by atoms with van der Waals surface area (Å²) in [5, 5.41) is 0. The number of fused-ring (bicyclic) bond motifs is 1. The number of imide groups is 1. The lowest BCUT2D eigenvalue weighted by atomic mass is 9.77. The number of carbonyl (C=O) groups is 3. The third-order valence-electron chi connectivity index (χ3n) is 6.57. The van der Waals surface area contributed by atoms with Gasteiger partial charge in [-0.15, -0.1) is 0 Å². The first kappa shape index (κ1) is 18.9. The number of nitrogens with zero attached hydrogens (tertiary/aromatic N) is 3. The van der Waals surface area contributed by atoms with Gasteiger partial charge in [0.25, 0.3) is 0 Å². The minimum Gasteiger partial charge on any atom is -0.333 e. The maximum absolute atomic E-state index is 13.9. The number of hydrogen-bond donors (Lipinski definition) is 0. The SMILES string of the molecule is CCN1CCN(C(=O)N2c3ccc(F)cc3C(C)CC23CCCC3)C(=O)C1=O. The molecule has 0 N–H and O–H groups in total. The zero-order chi connectivity index (χ0) is 20.1. The third-order valence-corrected chi connectivity index (χ3v) is 6.57. The van der Waals surface area contributed by atoms with Gasteiger partial charge in [0.1, 0.15) is 5.82 Å². The van der Waals surface area contributed by atoms with Crippen LogP contribution in [0.2, 0.25) is 0 Å². The van der Waals surface area contributed by atoms with Crippen molar-refractivity contribution in [2.75, 3.05) is 24.5 Å². The van der Waals surface area contributed by atoms with E-state index in [4.69, 9.17) is 0 Å². The van der Waals surface area contributed by atoms with Crippen LogP contribution in [-0.4, -0.2) is 52.8 Å². The number of piperazine rings is 1. The molecule has 1 aliphatic carbocycles. The van der Waals surface area contributed by atoms with Crippen LogP contribution >= 0.6 is 0 Å². The summed E-state index contributed by atoms with van der Waals surface area (Å²) in [6.45, 7) is 4.86. The highest BCUT2D eigenvalue weighted by Gasteiger charge is 2.50. The van der Waals surface area contributed by atoms with Crippen LogP contribution in [0.3, 0.4) is 0 Å². The van der Waals surface area contributed by atoms with E-state index in [1.807, 2.05) is 6.92 Å². The molecule has 1 aromatic rings. The van der Waals surface area contributed by atoms with E-state index < -0.39 is 17.8 Å². The summed E-state index contributed by atoms with van der Waals surface area (Å²) in [6.07, 6.45) is 4.49. The van der Waals surface area contributed by atoms with Crippen molar-refractivity contribution in [1.29, 1.82) is 0 Å². The molecule has 2 fully saturated rings. The number of hydrogen-bond acceptors (Lipinski definition) is 3. The first-order valence-corrected chi connectivity index (χ1v) is 10.1. The molecule has 1 unspecified atom stereocenters. The molecule has 1 spiro atoms. The van der Waals surface area contributed by atoms with E-state index in [1.165, 1.54) is 17.0 Å².